The molecule has 10 aromatic rings. The number of benzene rings is 6. The Labute approximate surface area is 832 Å². The summed E-state index contributed by atoms with van der Waals surface area (Å²) in [4.78, 5) is 90.8. The van der Waals surface area contributed by atoms with E-state index in [1.165, 1.54) is 62.9 Å². The van der Waals surface area contributed by atoms with Crippen molar-refractivity contribution in [3.8, 4) is 45.5 Å². The van der Waals surface area contributed by atoms with Gasteiger partial charge in [-0.15, -0.1) is 0 Å². The van der Waals surface area contributed by atoms with E-state index in [0.717, 1.165) is 112 Å². The van der Waals surface area contributed by atoms with Gasteiger partial charge in [-0.2, -0.15) is 0 Å². The van der Waals surface area contributed by atoms with Crippen LogP contribution in [0.25, 0.3) is 22.3 Å². The Balaban J connectivity index is 0.000000192. The fraction of sp³-hybridized carbons (Fsp3) is 0.388. The van der Waals surface area contributed by atoms with Crippen molar-refractivity contribution in [1.29, 1.82) is 0 Å². The average Bonchev–Trinajstić information content (AvgIpc) is 1.77. The minimum Gasteiger partial charge on any atom is -1.00 e. The summed E-state index contributed by atoms with van der Waals surface area (Å²) in [5.74, 6) is -0.634. The third-order valence-corrected chi connectivity index (χ3v) is 24.6. The number of hydrogen-bond acceptors (Lipinski definition) is 22. The van der Waals surface area contributed by atoms with Crippen LogP contribution in [0.1, 0.15) is 170 Å². The number of carbonyl (C=O) groups excluding carboxylic acids is 5. The number of esters is 2. The maximum Gasteiger partial charge on any atom is 2.00 e. The number of pyridine rings is 4. The first-order valence-corrected chi connectivity index (χ1v) is 49.2. The molecule has 8 fully saturated rings. The van der Waals surface area contributed by atoms with Crippen LogP contribution in [0.5, 0.6) is 23.3 Å². The first-order chi connectivity index (χ1) is 62.2. The number of Topliss-reactive ketones (excluding diaryl/α,β-unsaturated/α-hetero) is 3. The molecular weight excluding hydrogens is 1960 g/mol. The molecule has 712 valence electrons. The molecule has 135 heavy (non-hydrogen) atoms. The second-order valence-corrected chi connectivity index (χ2v) is 44.5. The van der Waals surface area contributed by atoms with Gasteiger partial charge in [-0.3, -0.25) is 14.4 Å². The van der Waals surface area contributed by atoms with Gasteiger partial charge in [0.15, 0.2) is 17.3 Å². The minimum atomic E-state index is -1.08. The average molecular weight is 2070 g/mol. The van der Waals surface area contributed by atoms with Crippen molar-refractivity contribution in [3.05, 3.63) is 284 Å². The molecule has 32 heteroatoms. The standard InChI is InChI=1S/C28H28FNO4.C27H24FNO5.C23H26BFO4.C10H10BrNO3.C9H8BrNO3.C4H12Si.CH4.CH3.BrH.Mg/c1-27(2,32)24-14-26(34-22-11-12-22)30-15-23(24)19-5-7-20(8-6-19)28(16-33-17-28)25(31)13-18-3-9-21(29)10-4-18;1-32-26(31)22-13-25(34-21-10-11-21)29-14-23(22)18-4-6-19(7-5-18)27(15-33-16-27)24(30)12-17-2-8-20(28)9-3-17;1-21(2)22(3,4)29-24(28-21)18-9-7-17(8-10-18)23(14-27-15-23)20(26)13-16-5-11-19(25)12-6-16;1-14-10(13)8-4-7(5-12-9(8)11)15-6-2-3-6;10-8-7(9(12)13)3-6(4-11-8)14-5-1-2-5;1-5(2,3)4;;;;/h3-10,14-15,22,32H,11-13,16-17H2,1-2H3;2-9,13-14,21H,10-12,15-16H2,1H3;5-12H,13-15H2,1-4H3;4-6H,2-3H2,1H3;3-5H,1-2H2,(H,12,13);1-4H3;1H4;1H3;1H;/q;;;;;;;-1;;+2/p-1. The van der Waals surface area contributed by atoms with Crippen molar-refractivity contribution >= 4 is 111 Å². The number of hydrogen-bond donors (Lipinski definition) is 2. The maximum atomic E-state index is 13.2. The predicted octanol–water partition coefficient (Wildman–Crippen LogP) is 16.2. The zero-order valence-corrected chi connectivity index (χ0v) is 84.7. The fourth-order valence-electron chi connectivity index (χ4n) is 14.2. The van der Waals surface area contributed by atoms with Gasteiger partial charge in [0.05, 0.1) is 112 Å². The normalized spacial score (nSPS) is 16.8. The monoisotopic (exact) mass is 2070 g/mol. The Morgan fingerprint density at radius 2 is 0.770 bits per heavy atom. The molecule has 0 atom stereocenters. The molecule has 0 bridgehead atoms. The number of aliphatic hydroxyl groups is 1. The second kappa shape index (κ2) is 46.8. The number of rotatable bonds is 27. The molecule has 0 amide bonds. The summed E-state index contributed by atoms with van der Waals surface area (Å²) >= 11 is 6.25. The SMILES string of the molecule is C.CC(C)(O)c1cc(OC2CC2)ncc1-c1ccc(C2(C(=O)Cc3ccc(F)cc3)COC2)cc1.CC1(C)OB(c2ccc(C3(C(=O)Cc4ccc(F)cc4)COC3)cc2)OC1(C)C.COC(=O)c1cc(OC2CC2)cnc1Br.COC(=O)c1cc(OC2CC2)ncc1-c1ccc(C2(C(=O)Cc3ccc(F)cc3)COC2)cc1.C[Si](C)(C)C.O=C(O)c1cc(OC2CC2)cnc1Br.[Br-].[CH3-].[Mg+2]. The molecule has 4 saturated carbocycles. The van der Waals surface area contributed by atoms with E-state index in [0.29, 0.717) is 94.9 Å². The van der Waals surface area contributed by atoms with Gasteiger partial charge in [-0.05, 0) is 229 Å². The van der Waals surface area contributed by atoms with Crippen LogP contribution in [-0.4, -0.2) is 193 Å². The summed E-state index contributed by atoms with van der Waals surface area (Å²) in [6.07, 6.45) is 16.3. The summed E-state index contributed by atoms with van der Waals surface area (Å²) < 4.78 is 101. The molecular formula is C103H115BBr3F3MgN4O19Si. The molecule has 23 nitrogen and oxygen atoms in total. The Morgan fingerprint density at radius 3 is 1.10 bits per heavy atom. The number of carbonyl (C=O) groups is 6. The number of carboxylic acid groups (broad SMARTS) is 1. The molecule has 4 aliphatic carbocycles. The topological polar surface area (TPSA) is 296 Å². The van der Waals surface area contributed by atoms with E-state index < -0.39 is 66.1 Å². The van der Waals surface area contributed by atoms with E-state index in [2.05, 4.69) is 82.7 Å². The Hall–Kier alpha value is -9.42. The van der Waals surface area contributed by atoms with Gasteiger partial charge in [0.25, 0.3) is 0 Å². The summed E-state index contributed by atoms with van der Waals surface area (Å²) in [7, 11) is 1.63. The van der Waals surface area contributed by atoms with Gasteiger partial charge in [-0.25, -0.2) is 47.5 Å². The maximum absolute atomic E-state index is 13.2. The smallest absolute Gasteiger partial charge is 1.00 e. The predicted molar refractivity (Wildman–Crippen MR) is 516 cm³/mol. The third kappa shape index (κ3) is 28.7. The molecule has 0 spiro atoms. The molecule has 6 aromatic carbocycles. The number of methoxy groups -OCH3 is 2. The molecule has 18 rings (SSSR count). The molecule has 4 aromatic heterocycles. The number of nitrogens with zero attached hydrogens (tertiary/aromatic N) is 4. The molecule has 8 aliphatic rings. The summed E-state index contributed by atoms with van der Waals surface area (Å²) in [6, 6.07) is 47.8. The van der Waals surface area contributed by atoms with Crippen LogP contribution >= 0.6 is 31.9 Å². The largest absolute Gasteiger partial charge is 2.00 e. The van der Waals surface area contributed by atoms with Crippen LogP contribution < -0.4 is 41.4 Å². The Kier molecular flexibility index (Phi) is 37.9. The quantitative estimate of drug-likeness (QED) is 0.0209. The van der Waals surface area contributed by atoms with Crippen LogP contribution in [0, 0.1) is 24.9 Å². The van der Waals surface area contributed by atoms with Crippen molar-refractivity contribution < 1.29 is 121 Å². The Bertz CT molecular complexity index is 5720. The number of carboxylic acids is 1. The van der Waals surface area contributed by atoms with Gasteiger partial charge >= 0.3 is 48.1 Å². The summed E-state index contributed by atoms with van der Waals surface area (Å²) in [5, 5.41) is 19.6. The third-order valence-electron chi connectivity index (χ3n) is 23.4. The van der Waals surface area contributed by atoms with E-state index in [1.54, 1.807) is 81.0 Å². The van der Waals surface area contributed by atoms with Crippen LogP contribution in [0.15, 0.2) is 204 Å². The van der Waals surface area contributed by atoms with Crippen molar-refractivity contribution in [2.45, 2.75) is 203 Å². The molecule has 0 radical (unpaired) electrons. The van der Waals surface area contributed by atoms with E-state index in [4.69, 9.17) is 52.3 Å². The second-order valence-electron chi connectivity index (χ2n) is 37.0. The molecule has 0 unspecified atom stereocenters. The van der Waals surface area contributed by atoms with Gasteiger partial charge in [0.1, 0.15) is 66.6 Å². The molecule has 4 aliphatic heterocycles. The van der Waals surface area contributed by atoms with E-state index >= 15 is 0 Å². The number of halogens is 6. The van der Waals surface area contributed by atoms with Crippen LogP contribution in [0.4, 0.5) is 13.2 Å². The minimum absolute atomic E-state index is 0. The fourth-order valence-corrected chi connectivity index (χ4v) is 15.0. The Morgan fingerprint density at radius 1 is 0.459 bits per heavy atom. The number of aromatic carboxylic acids is 1. The van der Waals surface area contributed by atoms with Crippen LogP contribution in [0.3, 0.4) is 0 Å². The number of aromatic nitrogens is 4. The van der Waals surface area contributed by atoms with Gasteiger partial charge in [0, 0.05) is 63.0 Å². The zero-order valence-electron chi connectivity index (χ0n) is 77.5. The van der Waals surface area contributed by atoms with Gasteiger partial charge < -0.3 is 86.6 Å². The summed E-state index contributed by atoms with van der Waals surface area (Å²) in [6.45, 7) is 22.9. The molecule has 8 heterocycles. The van der Waals surface area contributed by atoms with E-state index in [1.807, 2.05) is 107 Å². The van der Waals surface area contributed by atoms with Crippen LogP contribution in [0.2, 0.25) is 26.2 Å². The molecule has 4 saturated heterocycles. The first kappa shape index (κ1) is 109. The first-order valence-electron chi connectivity index (χ1n) is 43.6. The summed E-state index contributed by atoms with van der Waals surface area (Å²) in [5.41, 5.74) is 6.70. The van der Waals surface area contributed by atoms with Gasteiger partial charge in [0.2, 0.25) is 11.8 Å². The van der Waals surface area contributed by atoms with Crippen molar-refractivity contribution in [2.75, 3.05) is 53.9 Å². The zero-order chi connectivity index (χ0) is 94.0. The van der Waals surface area contributed by atoms with Crippen molar-refractivity contribution in [2.24, 2.45) is 0 Å². The van der Waals surface area contributed by atoms with E-state index in [9.17, 15) is 47.0 Å². The number of ketones is 3. The molecule has 2 N–H and O–H groups in total. The van der Waals surface area contributed by atoms with Crippen molar-refractivity contribution in [1.82, 2.24) is 19.9 Å². The number of ether oxygens (including phenoxy) is 9. The van der Waals surface area contributed by atoms with E-state index in [-0.39, 0.29) is 133 Å². The van der Waals surface area contributed by atoms with Crippen LogP contribution in [-0.2, 0) is 88.5 Å². The van der Waals surface area contributed by atoms with Gasteiger partial charge in [-0.1, -0.05) is 143 Å². The van der Waals surface area contributed by atoms with Crippen molar-refractivity contribution in [3.63, 3.8) is 0 Å².